The summed E-state index contributed by atoms with van der Waals surface area (Å²) in [7, 11) is 1.97. The van der Waals surface area contributed by atoms with Crippen LogP contribution in [0.2, 0.25) is 0 Å². The molecule has 0 amide bonds. The second-order valence-electron chi connectivity index (χ2n) is 5.91. The molecule has 2 aromatic rings. The second kappa shape index (κ2) is 6.32. The van der Waals surface area contributed by atoms with Gasteiger partial charge in [-0.2, -0.15) is 4.98 Å². The predicted octanol–water partition coefficient (Wildman–Crippen LogP) is 2.59. The molecule has 2 atom stereocenters. The molecular formula is C17H22N4O. The van der Waals surface area contributed by atoms with E-state index in [2.05, 4.69) is 15.3 Å². The van der Waals surface area contributed by atoms with Crippen molar-refractivity contribution in [2.75, 3.05) is 30.4 Å². The molecule has 1 aliphatic rings. The summed E-state index contributed by atoms with van der Waals surface area (Å²) in [6.07, 6.45) is 1.10. The number of para-hydroxylation sites is 1. The van der Waals surface area contributed by atoms with Crippen molar-refractivity contribution in [1.29, 1.82) is 0 Å². The summed E-state index contributed by atoms with van der Waals surface area (Å²) in [6.45, 7) is 3.12. The van der Waals surface area contributed by atoms with E-state index in [1.165, 1.54) is 0 Å². The van der Waals surface area contributed by atoms with E-state index in [0.29, 0.717) is 17.8 Å². The van der Waals surface area contributed by atoms with Crippen molar-refractivity contribution >= 4 is 17.5 Å². The fourth-order valence-electron chi connectivity index (χ4n) is 2.58. The average Bonchev–Trinajstić information content (AvgIpc) is 3.31. The lowest BCUT2D eigenvalue weighted by atomic mass is 10.3. The van der Waals surface area contributed by atoms with Crippen molar-refractivity contribution in [1.82, 2.24) is 9.97 Å². The lowest BCUT2D eigenvalue weighted by molar-refractivity contribution is 0.270. The minimum atomic E-state index is 0.289. The summed E-state index contributed by atoms with van der Waals surface area (Å²) >= 11 is 0. The van der Waals surface area contributed by atoms with Crippen molar-refractivity contribution in [2.24, 2.45) is 11.8 Å². The summed E-state index contributed by atoms with van der Waals surface area (Å²) in [5.41, 5.74) is 1.99. The highest BCUT2D eigenvalue weighted by molar-refractivity contribution is 5.57. The first-order valence-corrected chi connectivity index (χ1v) is 7.66. The summed E-state index contributed by atoms with van der Waals surface area (Å²) in [5.74, 6) is 2.55. The number of anilines is 3. The maximum Gasteiger partial charge on any atom is 0.231 e. The van der Waals surface area contributed by atoms with Crippen molar-refractivity contribution < 1.29 is 5.11 Å². The number of hydrogen-bond donors (Lipinski definition) is 2. The highest BCUT2D eigenvalue weighted by atomic mass is 16.3. The van der Waals surface area contributed by atoms with Crippen LogP contribution in [0.15, 0.2) is 36.4 Å². The van der Waals surface area contributed by atoms with Crippen LogP contribution in [-0.4, -0.2) is 35.3 Å². The molecule has 1 fully saturated rings. The molecule has 0 bridgehead atoms. The van der Waals surface area contributed by atoms with E-state index in [4.69, 9.17) is 5.11 Å². The molecule has 1 aromatic carbocycles. The molecule has 0 radical (unpaired) electrons. The van der Waals surface area contributed by atoms with Gasteiger partial charge >= 0.3 is 0 Å². The zero-order valence-electron chi connectivity index (χ0n) is 13.0. The molecule has 0 unspecified atom stereocenters. The van der Waals surface area contributed by atoms with Crippen LogP contribution in [-0.2, 0) is 0 Å². The zero-order chi connectivity index (χ0) is 15.5. The summed E-state index contributed by atoms with van der Waals surface area (Å²) in [4.78, 5) is 11.1. The Hall–Kier alpha value is -2.14. The Morgan fingerprint density at radius 1 is 1.23 bits per heavy atom. The molecule has 1 saturated carbocycles. The molecule has 3 rings (SSSR count). The summed E-state index contributed by atoms with van der Waals surface area (Å²) in [6, 6.07) is 12.0. The van der Waals surface area contributed by atoms with Gasteiger partial charge in [0.15, 0.2) is 0 Å². The Labute approximate surface area is 131 Å². The number of aliphatic hydroxyl groups excluding tert-OH is 1. The number of benzene rings is 1. The number of aromatic nitrogens is 2. The minimum Gasteiger partial charge on any atom is -0.396 e. The summed E-state index contributed by atoms with van der Waals surface area (Å²) < 4.78 is 0. The number of aryl methyl sites for hydroxylation is 1. The van der Waals surface area contributed by atoms with Crippen molar-refractivity contribution in [3.63, 3.8) is 0 Å². The monoisotopic (exact) mass is 298 g/mol. The van der Waals surface area contributed by atoms with E-state index in [9.17, 15) is 0 Å². The second-order valence-corrected chi connectivity index (χ2v) is 5.91. The molecule has 0 spiro atoms. The molecule has 1 aromatic heterocycles. The smallest absolute Gasteiger partial charge is 0.231 e. The fraction of sp³-hybridized carbons (Fsp3) is 0.412. The van der Waals surface area contributed by atoms with Gasteiger partial charge in [-0.3, -0.25) is 0 Å². The molecule has 2 N–H and O–H groups in total. The van der Waals surface area contributed by atoms with Crippen LogP contribution in [0, 0.1) is 18.8 Å². The van der Waals surface area contributed by atoms with Crippen LogP contribution in [0.4, 0.5) is 17.5 Å². The summed E-state index contributed by atoms with van der Waals surface area (Å²) in [5, 5.41) is 12.5. The van der Waals surface area contributed by atoms with Crippen LogP contribution in [0.5, 0.6) is 0 Å². The molecule has 0 aliphatic heterocycles. The predicted molar refractivity (Wildman–Crippen MR) is 88.4 cm³/mol. The van der Waals surface area contributed by atoms with Gasteiger partial charge in [-0.25, -0.2) is 4.98 Å². The lowest BCUT2D eigenvalue weighted by Gasteiger charge is -2.18. The highest BCUT2D eigenvalue weighted by Gasteiger charge is 2.35. The van der Waals surface area contributed by atoms with E-state index < -0.39 is 0 Å². The molecule has 1 heterocycles. The van der Waals surface area contributed by atoms with E-state index in [-0.39, 0.29) is 6.61 Å². The Morgan fingerprint density at radius 2 is 2.00 bits per heavy atom. The maximum atomic E-state index is 9.10. The normalized spacial score (nSPS) is 19.8. The van der Waals surface area contributed by atoms with E-state index >= 15 is 0 Å². The SMILES string of the molecule is Cc1cc(NC[C@@H]2C[C@H]2CO)nc(N(C)c2ccccc2)n1. The Morgan fingerprint density at radius 3 is 2.68 bits per heavy atom. The van der Waals surface area contributed by atoms with Crippen LogP contribution < -0.4 is 10.2 Å². The van der Waals surface area contributed by atoms with Gasteiger partial charge in [0, 0.05) is 37.6 Å². The topological polar surface area (TPSA) is 61.3 Å². The molecule has 116 valence electrons. The lowest BCUT2D eigenvalue weighted by Crippen LogP contribution is -2.15. The maximum absolute atomic E-state index is 9.10. The standard InChI is InChI=1S/C17H22N4O/c1-12-8-16(18-10-13-9-14(13)11-22)20-17(19-12)21(2)15-6-4-3-5-7-15/h3-8,13-14,22H,9-11H2,1-2H3,(H,18,19,20)/t13-,14-/m0/s1. The van der Waals surface area contributed by atoms with Crippen LogP contribution in [0.3, 0.4) is 0 Å². The Bertz CT molecular complexity index is 632. The molecule has 5 heteroatoms. The van der Waals surface area contributed by atoms with Gasteiger partial charge < -0.3 is 15.3 Å². The van der Waals surface area contributed by atoms with Gasteiger partial charge in [0.1, 0.15) is 5.82 Å². The molecule has 1 aliphatic carbocycles. The zero-order valence-corrected chi connectivity index (χ0v) is 13.0. The van der Waals surface area contributed by atoms with Crippen LogP contribution in [0.1, 0.15) is 12.1 Å². The van der Waals surface area contributed by atoms with Gasteiger partial charge in [0.25, 0.3) is 0 Å². The van der Waals surface area contributed by atoms with Crippen LogP contribution >= 0.6 is 0 Å². The number of nitrogens with zero attached hydrogens (tertiary/aromatic N) is 3. The van der Waals surface area contributed by atoms with Gasteiger partial charge in [0.2, 0.25) is 5.95 Å². The molecular weight excluding hydrogens is 276 g/mol. The van der Waals surface area contributed by atoms with Gasteiger partial charge in [-0.05, 0) is 37.3 Å². The number of aliphatic hydroxyl groups is 1. The third kappa shape index (κ3) is 3.36. The minimum absolute atomic E-state index is 0.289. The van der Waals surface area contributed by atoms with E-state index in [1.54, 1.807) is 0 Å². The van der Waals surface area contributed by atoms with Gasteiger partial charge in [-0.15, -0.1) is 0 Å². The number of rotatable bonds is 6. The largest absolute Gasteiger partial charge is 0.396 e. The van der Waals surface area contributed by atoms with Gasteiger partial charge in [0.05, 0.1) is 0 Å². The van der Waals surface area contributed by atoms with Crippen LogP contribution in [0.25, 0.3) is 0 Å². The first kappa shape index (κ1) is 14.8. The average molecular weight is 298 g/mol. The van der Waals surface area contributed by atoms with E-state index in [1.807, 2.05) is 55.3 Å². The van der Waals surface area contributed by atoms with Crippen molar-refractivity contribution in [3.05, 3.63) is 42.1 Å². The third-order valence-electron chi connectivity index (χ3n) is 4.13. The third-order valence-corrected chi connectivity index (χ3v) is 4.13. The number of hydrogen-bond acceptors (Lipinski definition) is 5. The molecule has 0 saturated heterocycles. The molecule has 22 heavy (non-hydrogen) atoms. The Balaban J connectivity index is 1.72. The quantitative estimate of drug-likeness (QED) is 0.858. The van der Waals surface area contributed by atoms with Crippen molar-refractivity contribution in [2.45, 2.75) is 13.3 Å². The highest BCUT2D eigenvalue weighted by Crippen LogP contribution is 2.37. The number of nitrogens with one attached hydrogen (secondary N) is 1. The van der Waals surface area contributed by atoms with E-state index in [0.717, 1.165) is 30.2 Å². The molecule has 5 nitrogen and oxygen atoms in total. The first-order valence-electron chi connectivity index (χ1n) is 7.66. The first-order chi connectivity index (χ1) is 10.7. The van der Waals surface area contributed by atoms with Crippen molar-refractivity contribution in [3.8, 4) is 0 Å². The fourth-order valence-corrected chi connectivity index (χ4v) is 2.58. The van der Waals surface area contributed by atoms with Gasteiger partial charge in [-0.1, -0.05) is 18.2 Å². The Kier molecular flexibility index (Phi) is 4.24.